The third kappa shape index (κ3) is 6.96. The zero-order valence-corrected chi connectivity index (χ0v) is 25.8. The van der Waals surface area contributed by atoms with Crippen molar-refractivity contribution in [2.75, 3.05) is 31.3 Å². The number of Topliss-reactive ketones (excluding diaryl/α,β-unsaturated/α-hetero) is 1. The predicted octanol–water partition coefficient (Wildman–Crippen LogP) is 5.13. The Balaban J connectivity index is 1.10. The van der Waals surface area contributed by atoms with Crippen LogP contribution in [0.1, 0.15) is 59.6 Å². The summed E-state index contributed by atoms with van der Waals surface area (Å²) in [7, 11) is 0. The molecule has 3 aromatic rings. The lowest BCUT2D eigenvalue weighted by atomic mass is 9.78. The van der Waals surface area contributed by atoms with Crippen LogP contribution in [0.2, 0.25) is 0 Å². The molecule has 3 fully saturated rings. The molecule has 3 aromatic carbocycles. The van der Waals surface area contributed by atoms with Crippen molar-refractivity contribution in [3.05, 3.63) is 101 Å². The molecular weight excluding hydrogens is 610 g/mol. The van der Waals surface area contributed by atoms with Crippen LogP contribution in [-0.4, -0.2) is 71.6 Å². The Kier molecular flexibility index (Phi) is 9.47. The van der Waals surface area contributed by atoms with Gasteiger partial charge in [0.25, 0.3) is 0 Å². The number of likely N-dealkylation sites (tertiary alicyclic amines) is 1. The number of benzene rings is 3. The number of hydrogen-bond donors (Lipinski definition) is 1. The minimum Gasteiger partial charge on any atom is -0.480 e. The molecule has 3 aliphatic heterocycles. The Bertz CT molecular complexity index is 1620. The van der Waals surface area contributed by atoms with Gasteiger partial charge in [-0.15, -0.1) is 0 Å². The van der Waals surface area contributed by atoms with Crippen LogP contribution in [0.15, 0.2) is 72.8 Å². The number of carbonyl (C=O) groups excluding carboxylic acids is 3. The molecule has 11 heteroatoms. The number of ether oxygens (including phenoxy) is 2. The highest BCUT2D eigenvalue weighted by atomic mass is 19.1. The largest absolute Gasteiger partial charge is 0.480 e. The summed E-state index contributed by atoms with van der Waals surface area (Å²) in [4.78, 5) is 53.4. The number of nitrogens with zero attached hydrogens (tertiary/aromatic N) is 2. The highest BCUT2D eigenvalue weighted by Crippen LogP contribution is 2.46. The van der Waals surface area contributed by atoms with Gasteiger partial charge in [-0.1, -0.05) is 24.3 Å². The summed E-state index contributed by atoms with van der Waals surface area (Å²) < 4.78 is 38.5. The zero-order chi connectivity index (χ0) is 33.1. The first-order valence-corrected chi connectivity index (χ1v) is 15.8. The predicted molar refractivity (Wildman–Crippen MR) is 167 cm³/mol. The third-order valence-electron chi connectivity index (χ3n) is 9.45. The van der Waals surface area contributed by atoms with E-state index in [1.165, 1.54) is 41.3 Å². The van der Waals surface area contributed by atoms with Gasteiger partial charge in [0, 0.05) is 24.2 Å². The van der Waals surface area contributed by atoms with Gasteiger partial charge in [-0.2, -0.15) is 0 Å². The molecule has 246 valence electrons. The van der Waals surface area contributed by atoms with Gasteiger partial charge >= 0.3 is 5.97 Å². The summed E-state index contributed by atoms with van der Waals surface area (Å²) in [5.41, 5.74) is 2.21. The molecule has 6 rings (SSSR count). The van der Waals surface area contributed by atoms with Crippen molar-refractivity contribution < 1.29 is 42.5 Å². The lowest BCUT2D eigenvalue weighted by Gasteiger charge is -2.47. The number of carbonyl (C=O) groups is 4. The Morgan fingerprint density at radius 2 is 1.60 bits per heavy atom. The minimum atomic E-state index is -1.00. The van der Waals surface area contributed by atoms with Crippen LogP contribution in [0.4, 0.5) is 14.5 Å². The van der Waals surface area contributed by atoms with Crippen molar-refractivity contribution in [2.24, 2.45) is 5.92 Å². The molecule has 0 radical (unpaired) electrons. The first-order valence-electron chi connectivity index (χ1n) is 15.8. The zero-order valence-electron chi connectivity index (χ0n) is 25.8. The number of anilines is 1. The highest BCUT2D eigenvalue weighted by molar-refractivity contribution is 6.04. The van der Waals surface area contributed by atoms with Crippen molar-refractivity contribution in [1.29, 1.82) is 0 Å². The van der Waals surface area contributed by atoms with E-state index >= 15 is 0 Å². The number of ketones is 1. The highest BCUT2D eigenvalue weighted by Gasteiger charge is 2.48. The number of carboxylic acids is 1. The molecule has 1 unspecified atom stereocenters. The molecular formula is C36H36F2N2O7. The Morgan fingerprint density at radius 3 is 2.21 bits per heavy atom. The first kappa shape index (κ1) is 32.5. The molecule has 1 N–H and O–H groups in total. The maximum atomic E-state index is 13.7. The Labute approximate surface area is 271 Å². The monoisotopic (exact) mass is 646 g/mol. The molecule has 3 heterocycles. The second-order valence-electron chi connectivity index (χ2n) is 12.5. The average Bonchev–Trinajstić information content (AvgIpc) is 3.55. The molecule has 2 amide bonds. The van der Waals surface area contributed by atoms with Crippen LogP contribution in [-0.2, 0) is 30.3 Å². The Hall–Kier alpha value is -4.48. The van der Waals surface area contributed by atoms with Crippen molar-refractivity contribution in [1.82, 2.24) is 4.90 Å². The van der Waals surface area contributed by atoms with E-state index in [4.69, 9.17) is 9.47 Å². The summed E-state index contributed by atoms with van der Waals surface area (Å²) in [6, 6.07) is 17.8. The number of halogens is 2. The second kappa shape index (κ2) is 13.7. The van der Waals surface area contributed by atoms with E-state index in [1.807, 2.05) is 24.3 Å². The molecule has 0 aromatic heterocycles. The number of carboxylic acid groups (broad SMARTS) is 1. The van der Waals surface area contributed by atoms with Gasteiger partial charge in [0.15, 0.2) is 5.78 Å². The number of aryl methyl sites for hydroxylation is 1. The van der Waals surface area contributed by atoms with Gasteiger partial charge in [-0.05, 0) is 91.8 Å². The standard InChI is InChI=1S/C36H36F2N2O7/c37-26-9-7-24(8-10-26)31(41)16-15-29-33(40(34(29)43)28-13-11-27(38)12-14-28)25-5-3-23(4-6-25)17-18-36(21-46-22-36)47-20-32(42)39-19-1-2-30(39)35(44)45/h3-14,29-30,33H,1-2,15-22H2,(H,44,45)/t29-,30?,33-/m1/s1. The maximum Gasteiger partial charge on any atom is 0.326 e. The molecule has 0 aliphatic carbocycles. The van der Waals surface area contributed by atoms with Crippen LogP contribution < -0.4 is 4.90 Å². The van der Waals surface area contributed by atoms with Crippen molar-refractivity contribution in [3.63, 3.8) is 0 Å². The number of hydrogen-bond acceptors (Lipinski definition) is 6. The van der Waals surface area contributed by atoms with E-state index in [9.17, 15) is 33.1 Å². The number of β-lactam (4-membered cyclic amide) rings is 1. The molecule has 0 saturated carbocycles. The topological polar surface area (TPSA) is 113 Å². The maximum absolute atomic E-state index is 13.7. The van der Waals surface area contributed by atoms with Crippen molar-refractivity contribution in [3.8, 4) is 0 Å². The van der Waals surface area contributed by atoms with Crippen LogP contribution >= 0.6 is 0 Å². The summed E-state index contributed by atoms with van der Waals surface area (Å²) >= 11 is 0. The van der Waals surface area contributed by atoms with E-state index < -0.39 is 35.2 Å². The van der Waals surface area contributed by atoms with E-state index in [2.05, 4.69) is 0 Å². The summed E-state index contributed by atoms with van der Waals surface area (Å²) in [6.07, 6.45) is 2.76. The fourth-order valence-electron chi connectivity index (χ4n) is 6.67. The lowest BCUT2D eigenvalue weighted by molar-refractivity contribution is -0.214. The molecule has 47 heavy (non-hydrogen) atoms. The normalized spacial score (nSPS) is 21.7. The van der Waals surface area contributed by atoms with Gasteiger partial charge < -0.3 is 24.4 Å². The van der Waals surface area contributed by atoms with Crippen LogP contribution in [0.5, 0.6) is 0 Å². The fraction of sp³-hybridized carbons (Fsp3) is 0.389. The van der Waals surface area contributed by atoms with E-state index in [0.29, 0.717) is 63.1 Å². The quantitative estimate of drug-likeness (QED) is 0.203. The SMILES string of the molecule is O=C(CC[C@H]1C(=O)N(c2ccc(F)cc2)[C@@H]1c1ccc(CCC2(OCC(=O)N3CCCC3C(=O)O)COC2)cc1)c1ccc(F)cc1. The van der Waals surface area contributed by atoms with E-state index in [1.54, 1.807) is 17.0 Å². The van der Waals surface area contributed by atoms with Gasteiger partial charge in [0.05, 0.1) is 25.2 Å². The molecule has 3 saturated heterocycles. The molecule has 0 bridgehead atoms. The van der Waals surface area contributed by atoms with E-state index in [-0.39, 0.29) is 36.7 Å². The minimum absolute atomic E-state index is 0.120. The summed E-state index contributed by atoms with van der Waals surface area (Å²) in [5.74, 6) is -2.97. The molecule has 3 aliphatic rings. The third-order valence-corrected chi connectivity index (χ3v) is 9.45. The van der Waals surface area contributed by atoms with Gasteiger partial charge in [-0.3, -0.25) is 14.4 Å². The van der Waals surface area contributed by atoms with Crippen molar-refractivity contribution >= 4 is 29.3 Å². The second-order valence-corrected chi connectivity index (χ2v) is 12.5. The fourth-order valence-corrected chi connectivity index (χ4v) is 6.67. The first-order chi connectivity index (χ1) is 22.6. The molecule has 3 atom stereocenters. The average molecular weight is 647 g/mol. The Morgan fingerprint density at radius 1 is 0.936 bits per heavy atom. The number of amides is 2. The lowest BCUT2D eigenvalue weighted by Crippen LogP contribution is -2.55. The summed E-state index contributed by atoms with van der Waals surface area (Å²) in [5, 5.41) is 9.40. The van der Waals surface area contributed by atoms with Crippen LogP contribution in [0, 0.1) is 17.6 Å². The summed E-state index contributed by atoms with van der Waals surface area (Å²) in [6.45, 7) is 0.892. The van der Waals surface area contributed by atoms with Gasteiger partial charge in [0.2, 0.25) is 11.8 Å². The van der Waals surface area contributed by atoms with Gasteiger partial charge in [0.1, 0.15) is 29.9 Å². The van der Waals surface area contributed by atoms with Crippen molar-refractivity contribution in [2.45, 2.75) is 56.2 Å². The van der Waals surface area contributed by atoms with Gasteiger partial charge in [-0.25, -0.2) is 13.6 Å². The van der Waals surface area contributed by atoms with Crippen LogP contribution in [0.25, 0.3) is 0 Å². The number of rotatable bonds is 13. The van der Waals surface area contributed by atoms with Crippen LogP contribution in [0.3, 0.4) is 0 Å². The number of aliphatic carboxylic acids is 1. The smallest absolute Gasteiger partial charge is 0.326 e. The molecule has 9 nitrogen and oxygen atoms in total. The van der Waals surface area contributed by atoms with E-state index in [0.717, 1.165) is 11.1 Å². The molecule has 0 spiro atoms.